The Morgan fingerprint density at radius 1 is 0.852 bits per heavy atom. The Labute approximate surface area is 162 Å². The van der Waals surface area contributed by atoms with Crippen molar-refractivity contribution in [2.24, 2.45) is 0 Å². The molecule has 0 bridgehead atoms. The molecular formula is C22H31NO4. The first-order valence-electron chi connectivity index (χ1n) is 9.38. The summed E-state index contributed by atoms with van der Waals surface area (Å²) in [6.45, 7) is 1.89. The Kier molecular flexibility index (Phi) is 16.3. The molecule has 0 aromatic heterocycles. The van der Waals surface area contributed by atoms with Crippen molar-refractivity contribution in [1.82, 2.24) is 0 Å². The van der Waals surface area contributed by atoms with Crippen LogP contribution in [0.5, 0.6) is 0 Å². The summed E-state index contributed by atoms with van der Waals surface area (Å²) in [5.41, 5.74) is 0.254. The van der Waals surface area contributed by atoms with Gasteiger partial charge in [-0.3, -0.25) is 14.9 Å². The first-order valence-corrected chi connectivity index (χ1v) is 9.38. The highest BCUT2D eigenvalue weighted by molar-refractivity contribution is 5.66. The van der Waals surface area contributed by atoms with E-state index in [0.29, 0.717) is 19.3 Å². The minimum absolute atomic E-state index is 0.183. The predicted octanol–water partition coefficient (Wildman–Crippen LogP) is 6.15. The number of hydrogen-bond acceptors (Lipinski definition) is 3. The number of carboxylic acids is 1. The van der Waals surface area contributed by atoms with Crippen LogP contribution in [0.15, 0.2) is 72.5 Å². The lowest BCUT2D eigenvalue weighted by Gasteiger charge is -1.92. The van der Waals surface area contributed by atoms with Crippen LogP contribution in [-0.2, 0) is 4.79 Å². The molecule has 0 aliphatic carbocycles. The van der Waals surface area contributed by atoms with Crippen molar-refractivity contribution in [3.05, 3.63) is 82.6 Å². The Morgan fingerprint density at radius 3 is 1.70 bits per heavy atom. The fourth-order valence-corrected chi connectivity index (χ4v) is 2.08. The van der Waals surface area contributed by atoms with E-state index in [-0.39, 0.29) is 17.0 Å². The second-order valence-corrected chi connectivity index (χ2v) is 5.80. The van der Waals surface area contributed by atoms with Crippen LogP contribution in [0.4, 0.5) is 0 Å². The van der Waals surface area contributed by atoms with Gasteiger partial charge in [0.05, 0.1) is 11.3 Å². The summed E-state index contributed by atoms with van der Waals surface area (Å²) in [4.78, 5) is 20.8. The lowest BCUT2D eigenvalue weighted by molar-refractivity contribution is -0.427. The SMILES string of the molecule is CCC=C(CC=CCC=CCC=CCC=CCC=CCCC(=O)O)[N+](=O)[O-]. The van der Waals surface area contributed by atoms with E-state index in [4.69, 9.17) is 5.11 Å². The number of carboxylic acid groups (broad SMARTS) is 1. The molecule has 27 heavy (non-hydrogen) atoms. The van der Waals surface area contributed by atoms with Crippen LogP contribution >= 0.6 is 0 Å². The summed E-state index contributed by atoms with van der Waals surface area (Å²) in [6, 6.07) is 0. The highest BCUT2D eigenvalue weighted by Gasteiger charge is 2.05. The van der Waals surface area contributed by atoms with E-state index in [2.05, 4.69) is 30.4 Å². The zero-order chi connectivity index (χ0) is 20.2. The molecule has 0 saturated carbocycles. The van der Waals surface area contributed by atoms with Gasteiger partial charge in [-0.15, -0.1) is 0 Å². The van der Waals surface area contributed by atoms with Gasteiger partial charge in [-0.25, -0.2) is 0 Å². The number of allylic oxidation sites excluding steroid dienone is 11. The maximum absolute atomic E-state index is 10.8. The van der Waals surface area contributed by atoms with Crippen LogP contribution in [0.2, 0.25) is 0 Å². The molecular weight excluding hydrogens is 342 g/mol. The van der Waals surface area contributed by atoms with Crippen molar-refractivity contribution >= 4 is 5.97 Å². The standard InChI is InChI=1S/C22H31NO4/c1-2-18-21(23(26)27)19-16-14-12-10-8-6-4-3-5-7-9-11-13-15-17-20-22(24)25/h3-4,7-10,13-16,18H,2,5-6,11-12,17,19-20H2,1H3,(H,24,25). The first-order chi connectivity index (χ1) is 13.1. The topological polar surface area (TPSA) is 80.4 Å². The molecule has 5 nitrogen and oxygen atoms in total. The van der Waals surface area contributed by atoms with E-state index in [1.165, 1.54) is 0 Å². The van der Waals surface area contributed by atoms with E-state index in [0.717, 1.165) is 25.7 Å². The molecule has 0 aliphatic heterocycles. The predicted molar refractivity (Wildman–Crippen MR) is 111 cm³/mol. The summed E-state index contributed by atoms with van der Waals surface area (Å²) >= 11 is 0. The van der Waals surface area contributed by atoms with Gasteiger partial charge in [0.2, 0.25) is 5.70 Å². The van der Waals surface area contributed by atoms with Crippen LogP contribution in [-0.4, -0.2) is 16.0 Å². The van der Waals surface area contributed by atoms with Gasteiger partial charge in [0, 0.05) is 6.42 Å². The van der Waals surface area contributed by atoms with Crippen LogP contribution in [0, 0.1) is 10.1 Å². The maximum atomic E-state index is 10.8. The molecule has 148 valence electrons. The van der Waals surface area contributed by atoms with E-state index in [9.17, 15) is 14.9 Å². The Morgan fingerprint density at radius 2 is 1.30 bits per heavy atom. The summed E-state index contributed by atoms with van der Waals surface area (Å²) in [7, 11) is 0. The number of aliphatic carboxylic acids is 1. The van der Waals surface area contributed by atoms with Crippen molar-refractivity contribution in [3.8, 4) is 0 Å². The highest BCUT2D eigenvalue weighted by Crippen LogP contribution is 2.05. The molecule has 0 fully saturated rings. The third-order valence-electron chi connectivity index (χ3n) is 3.45. The lowest BCUT2D eigenvalue weighted by Crippen LogP contribution is -1.96. The number of hydrogen-bond donors (Lipinski definition) is 1. The summed E-state index contributed by atoms with van der Waals surface area (Å²) < 4.78 is 0. The van der Waals surface area contributed by atoms with Crippen molar-refractivity contribution in [3.63, 3.8) is 0 Å². The second-order valence-electron chi connectivity index (χ2n) is 5.80. The second kappa shape index (κ2) is 18.1. The Bertz CT molecular complexity index is 595. The molecule has 0 aromatic carbocycles. The number of nitrogens with zero attached hydrogens (tertiary/aromatic N) is 1. The molecule has 0 unspecified atom stereocenters. The average molecular weight is 373 g/mol. The fourth-order valence-electron chi connectivity index (χ4n) is 2.08. The molecule has 0 aliphatic rings. The maximum Gasteiger partial charge on any atom is 0.303 e. The number of carbonyl (C=O) groups is 1. The average Bonchev–Trinajstić information content (AvgIpc) is 2.62. The molecule has 0 rings (SSSR count). The van der Waals surface area contributed by atoms with Gasteiger partial charge < -0.3 is 5.11 Å². The minimum Gasteiger partial charge on any atom is -0.481 e. The third kappa shape index (κ3) is 17.9. The van der Waals surface area contributed by atoms with Gasteiger partial charge in [-0.1, -0.05) is 67.7 Å². The highest BCUT2D eigenvalue weighted by atomic mass is 16.6. The quantitative estimate of drug-likeness (QED) is 0.212. The van der Waals surface area contributed by atoms with Crippen molar-refractivity contribution in [2.45, 2.75) is 58.3 Å². The number of nitro groups is 1. The van der Waals surface area contributed by atoms with Gasteiger partial charge in [0.15, 0.2) is 0 Å². The summed E-state index contributed by atoms with van der Waals surface area (Å²) in [5, 5.41) is 19.3. The Balaban J connectivity index is 3.74. The first kappa shape index (κ1) is 24.3. The molecule has 5 heteroatoms. The van der Waals surface area contributed by atoms with Gasteiger partial charge in [-0.2, -0.15) is 0 Å². The van der Waals surface area contributed by atoms with E-state index >= 15 is 0 Å². The van der Waals surface area contributed by atoms with E-state index in [1.54, 1.807) is 6.08 Å². The molecule has 0 radical (unpaired) electrons. The smallest absolute Gasteiger partial charge is 0.303 e. The summed E-state index contributed by atoms with van der Waals surface area (Å²) in [5.74, 6) is -0.765. The van der Waals surface area contributed by atoms with Crippen LogP contribution in [0.25, 0.3) is 0 Å². The van der Waals surface area contributed by atoms with Gasteiger partial charge in [-0.05, 0) is 44.6 Å². The Hall–Kier alpha value is -2.69. The molecule has 0 heterocycles. The fraction of sp³-hybridized carbons (Fsp3) is 0.409. The molecule has 0 spiro atoms. The molecule has 0 amide bonds. The normalized spacial score (nSPS) is 13.1. The zero-order valence-electron chi connectivity index (χ0n) is 16.1. The monoisotopic (exact) mass is 373 g/mol. The number of rotatable bonds is 15. The van der Waals surface area contributed by atoms with Gasteiger partial charge in [0.1, 0.15) is 0 Å². The van der Waals surface area contributed by atoms with Gasteiger partial charge >= 0.3 is 5.97 Å². The van der Waals surface area contributed by atoms with Crippen LogP contribution in [0.1, 0.15) is 58.3 Å². The van der Waals surface area contributed by atoms with Gasteiger partial charge in [0.25, 0.3) is 0 Å². The zero-order valence-corrected chi connectivity index (χ0v) is 16.1. The third-order valence-corrected chi connectivity index (χ3v) is 3.45. The van der Waals surface area contributed by atoms with E-state index in [1.807, 2.05) is 37.3 Å². The van der Waals surface area contributed by atoms with Crippen LogP contribution < -0.4 is 0 Å². The largest absolute Gasteiger partial charge is 0.481 e. The van der Waals surface area contributed by atoms with Crippen LogP contribution in [0.3, 0.4) is 0 Å². The lowest BCUT2D eigenvalue weighted by atomic mass is 10.2. The molecule has 0 saturated heterocycles. The molecule has 0 atom stereocenters. The van der Waals surface area contributed by atoms with E-state index < -0.39 is 5.97 Å². The minimum atomic E-state index is -0.765. The molecule has 1 N–H and O–H groups in total. The molecule has 0 aromatic rings. The van der Waals surface area contributed by atoms with Crippen molar-refractivity contribution < 1.29 is 14.8 Å². The van der Waals surface area contributed by atoms with Crippen molar-refractivity contribution in [1.29, 1.82) is 0 Å². The summed E-state index contributed by atoms with van der Waals surface area (Å²) in [6.07, 6.45) is 26.9. The van der Waals surface area contributed by atoms with Crippen molar-refractivity contribution in [2.75, 3.05) is 0 Å².